The summed E-state index contributed by atoms with van der Waals surface area (Å²) in [6, 6.07) is 26.2. The fourth-order valence-electron chi connectivity index (χ4n) is 4.22. The highest BCUT2D eigenvalue weighted by molar-refractivity contribution is 6.07. The number of rotatable bonds is 6. The van der Waals surface area contributed by atoms with E-state index in [1.165, 1.54) is 32.9 Å². The van der Waals surface area contributed by atoms with Crippen molar-refractivity contribution in [3.05, 3.63) is 103 Å². The van der Waals surface area contributed by atoms with Gasteiger partial charge in [0.25, 0.3) is 0 Å². The molecule has 0 atom stereocenters. The van der Waals surface area contributed by atoms with Crippen molar-refractivity contribution < 1.29 is 21.5 Å². The van der Waals surface area contributed by atoms with Gasteiger partial charge in [0.15, 0.2) is 0 Å². The molecule has 0 aliphatic heterocycles. The first-order chi connectivity index (χ1) is 14.3. The number of aryl methyl sites for hydroxylation is 3. The summed E-state index contributed by atoms with van der Waals surface area (Å²) in [5.41, 5.74) is 5.30. The number of nitrogens with zero attached hydrogens (tertiary/aromatic N) is 3. The second-order valence-corrected chi connectivity index (χ2v) is 7.85. The van der Waals surface area contributed by atoms with E-state index in [1.807, 2.05) is 0 Å². The van der Waals surface area contributed by atoms with Crippen LogP contribution < -0.4 is 21.5 Å². The number of fused-ring (bicyclic) bond motifs is 3. The molecule has 0 amide bonds. The third-order valence-electron chi connectivity index (χ3n) is 5.71. The van der Waals surface area contributed by atoms with E-state index >= 15 is 0 Å². The van der Waals surface area contributed by atoms with E-state index in [0.29, 0.717) is 0 Å². The fourth-order valence-corrected chi connectivity index (χ4v) is 4.22. The maximum Gasteiger partial charge on any atom is 0.244 e. The van der Waals surface area contributed by atoms with Gasteiger partial charge in [0, 0.05) is 34.8 Å². The Morgan fingerprint density at radius 2 is 1.40 bits per heavy atom. The van der Waals surface area contributed by atoms with Crippen molar-refractivity contribution in [2.45, 2.75) is 33.0 Å². The normalized spacial score (nSPS) is 11.1. The van der Waals surface area contributed by atoms with Crippen LogP contribution in [0.25, 0.3) is 21.8 Å². The third kappa shape index (κ3) is 4.05. The van der Waals surface area contributed by atoms with Crippen LogP contribution in [0.2, 0.25) is 0 Å². The second-order valence-electron chi connectivity index (χ2n) is 7.85. The van der Waals surface area contributed by atoms with E-state index in [9.17, 15) is 0 Å². The molecule has 0 radical (unpaired) electrons. The minimum Gasteiger partial charge on any atom is -1.00 e. The summed E-state index contributed by atoms with van der Waals surface area (Å²) >= 11 is 0. The highest BCUT2D eigenvalue weighted by atomic mass is 79.9. The number of para-hydroxylation sites is 2. The topological polar surface area (TPSA) is 13.7 Å². The SMILES string of the molecule is Cc1ccc(C[n+]2ccn(CCCn3c4ccccc4c4ccccc43)c2)cc1.[Br-]. The first-order valence-electron chi connectivity index (χ1n) is 10.3. The second kappa shape index (κ2) is 8.88. The molecule has 30 heavy (non-hydrogen) atoms. The summed E-state index contributed by atoms with van der Waals surface area (Å²) in [6.07, 6.45) is 7.66. The number of imidazole rings is 1. The molecule has 0 fully saturated rings. The van der Waals surface area contributed by atoms with Gasteiger partial charge in [0.05, 0.1) is 6.54 Å². The molecule has 4 heteroatoms. The summed E-state index contributed by atoms with van der Waals surface area (Å²) in [5.74, 6) is 0. The van der Waals surface area contributed by atoms with Crippen molar-refractivity contribution in [1.82, 2.24) is 9.13 Å². The van der Waals surface area contributed by atoms with Gasteiger partial charge in [-0.15, -0.1) is 0 Å². The Hall–Kier alpha value is -2.85. The minimum absolute atomic E-state index is 0. The van der Waals surface area contributed by atoms with Crippen LogP contribution in [0.5, 0.6) is 0 Å². The molecular formula is C26H26BrN3. The maximum atomic E-state index is 2.47. The van der Waals surface area contributed by atoms with E-state index in [2.05, 4.69) is 112 Å². The molecule has 0 N–H and O–H groups in total. The Bertz CT molecular complexity index is 1210. The van der Waals surface area contributed by atoms with Gasteiger partial charge in [-0.2, -0.15) is 0 Å². The van der Waals surface area contributed by atoms with Crippen LogP contribution in [0.3, 0.4) is 0 Å². The molecule has 0 saturated heterocycles. The minimum atomic E-state index is 0. The Morgan fingerprint density at radius 3 is 2.07 bits per heavy atom. The lowest BCUT2D eigenvalue weighted by atomic mass is 10.1. The van der Waals surface area contributed by atoms with Gasteiger partial charge in [-0.1, -0.05) is 66.2 Å². The number of benzene rings is 3. The van der Waals surface area contributed by atoms with Crippen LogP contribution in [0.1, 0.15) is 17.5 Å². The van der Waals surface area contributed by atoms with E-state index in [0.717, 1.165) is 26.1 Å². The molecule has 3 nitrogen and oxygen atoms in total. The van der Waals surface area contributed by atoms with Crippen molar-refractivity contribution in [2.24, 2.45) is 0 Å². The summed E-state index contributed by atoms with van der Waals surface area (Å²) in [7, 11) is 0. The molecule has 3 aromatic carbocycles. The van der Waals surface area contributed by atoms with Crippen LogP contribution in [-0.2, 0) is 19.6 Å². The molecule has 2 heterocycles. The Labute approximate surface area is 188 Å². The number of hydrogen-bond donors (Lipinski definition) is 0. The van der Waals surface area contributed by atoms with Gasteiger partial charge in [-0.05, 0) is 24.6 Å². The van der Waals surface area contributed by atoms with E-state index in [-0.39, 0.29) is 17.0 Å². The number of halogens is 1. The standard InChI is InChI=1S/C26H26N3.BrH/c1-21-11-13-22(14-12-21)19-28-18-17-27(20-28)15-6-16-29-25-9-4-2-7-23(25)24-8-3-5-10-26(24)29;/h2-5,7-14,17-18,20H,6,15-16,19H2,1H3;1H/q+1;/p-1. The molecule has 0 saturated carbocycles. The molecule has 0 unspecified atom stereocenters. The molecule has 152 valence electrons. The van der Waals surface area contributed by atoms with Gasteiger partial charge in [0.2, 0.25) is 6.33 Å². The Balaban J connectivity index is 0.00000218. The largest absolute Gasteiger partial charge is 1.00 e. The van der Waals surface area contributed by atoms with Crippen LogP contribution in [-0.4, -0.2) is 9.13 Å². The average Bonchev–Trinajstić information content (AvgIpc) is 3.33. The molecule has 0 bridgehead atoms. The zero-order chi connectivity index (χ0) is 19.6. The third-order valence-corrected chi connectivity index (χ3v) is 5.71. The van der Waals surface area contributed by atoms with Crippen molar-refractivity contribution in [1.29, 1.82) is 0 Å². The molecule has 2 aromatic heterocycles. The average molecular weight is 460 g/mol. The number of aromatic nitrogens is 3. The van der Waals surface area contributed by atoms with Gasteiger partial charge in [-0.3, -0.25) is 0 Å². The zero-order valence-electron chi connectivity index (χ0n) is 17.2. The molecule has 5 aromatic rings. The molecule has 0 aliphatic carbocycles. The van der Waals surface area contributed by atoms with Crippen molar-refractivity contribution >= 4 is 21.8 Å². The predicted octanol–water partition coefficient (Wildman–Crippen LogP) is 2.33. The Morgan fingerprint density at radius 1 is 0.767 bits per heavy atom. The van der Waals surface area contributed by atoms with Crippen LogP contribution >= 0.6 is 0 Å². The van der Waals surface area contributed by atoms with Crippen LogP contribution in [0, 0.1) is 6.92 Å². The summed E-state index contributed by atoms with van der Waals surface area (Å²) in [5, 5.41) is 2.69. The first kappa shape index (κ1) is 20.4. The highest BCUT2D eigenvalue weighted by Crippen LogP contribution is 2.28. The zero-order valence-corrected chi connectivity index (χ0v) is 18.8. The smallest absolute Gasteiger partial charge is 0.244 e. The molecule has 0 spiro atoms. The first-order valence-corrected chi connectivity index (χ1v) is 10.3. The van der Waals surface area contributed by atoms with E-state index < -0.39 is 0 Å². The summed E-state index contributed by atoms with van der Waals surface area (Å²) in [4.78, 5) is 0. The monoisotopic (exact) mass is 459 g/mol. The van der Waals surface area contributed by atoms with Crippen LogP contribution in [0.4, 0.5) is 0 Å². The predicted molar refractivity (Wildman–Crippen MR) is 119 cm³/mol. The lowest BCUT2D eigenvalue weighted by molar-refractivity contribution is -0.687. The fraction of sp³-hybridized carbons (Fsp3) is 0.192. The molecule has 0 aliphatic rings. The summed E-state index contributed by atoms with van der Waals surface area (Å²) < 4.78 is 7.02. The maximum absolute atomic E-state index is 2.47. The molecular weight excluding hydrogens is 434 g/mol. The quantitative estimate of drug-likeness (QED) is 0.346. The van der Waals surface area contributed by atoms with E-state index in [4.69, 9.17) is 0 Å². The summed E-state index contributed by atoms with van der Waals surface area (Å²) in [6.45, 7) is 5.08. The Kier molecular flexibility index (Phi) is 6.05. The lowest BCUT2D eigenvalue weighted by Gasteiger charge is -2.06. The van der Waals surface area contributed by atoms with Gasteiger partial charge < -0.3 is 21.5 Å². The lowest BCUT2D eigenvalue weighted by Crippen LogP contribution is -3.00. The van der Waals surface area contributed by atoms with Crippen LogP contribution in [0.15, 0.2) is 91.5 Å². The highest BCUT2D eigenvalue weighted by Gasteiger charge is 2.10. The number of hydrogen-bond acceptors (Lipinski definition) is 0. The van der Waals surface area contributed by atoms with Crippen molar-refractivity contribution in [3.8, 4) is 0 Å². The van der Waals surface area contributed by atoms with Crippen molar-refractivity contribution in [3.63, 3.8) is 0 Å². The molecule has 5 rings (SSSR count). The van der Waals surface area contributed by atoms with Gasteiger partial charge in [0.1, 0.15) is 18.9 Å². The van der Waals surface area contributed by atoms with E-state index in [1.54, 1.807) is 0 Å². The van der Waals surface area contributed by atoms with Crippen molar-refractivity contribution in [2.75, 3.05) is 0 Å². The van der Waals surface area contributed by atoms with Gasteiger partial charge >= 0.3 is 0 Å². The van der Waals surface area contributed by atoms with Gasteiger partial charge in [-0.25, -0.2) is 9.13 Å².